The number of methoxy groups -OCH3 is 3. The lowest BCUT2D eigenvalue weighted by Gasteiger charge is -2.23. The molecule has 7 heteroatoms. The van der Waals surface area contributed by atoms with Crippen LogP contribution in [0.3, 0.4) is 0 Å². The van der Waals surface area contributed by atoms with Crippen LogP contribution in [0.4, 0.5) is 8.78 Å². The molecule has 0 heterocycles. The molecule has 0 amide bonds. The molecule has 0 aromatic heterocycles. The van der Waals surface area contributed by atoms with E-state index in [1.54, 1.807) is 0 Å². The van der Waals surface area contributed by atoms with Gasteiger partial charge in [0.15, 0.2) is 11.5 Å². The van der Waals surface area contributed by atoms with Crippen molar-refractivity contribution in [1.82, 2.24) is 0 Å². The van der Waals surface area contributed by atoms with Crippen molar-refractivity contribution in [1.29, 1.82) is 0 Å². The van der Waals surface area contributed by atoms with E-state index in [1.165, 1.54) is 33.5 Å². The fourth-order valence-electron chi connectivity index (χ4n) is 1.62. The molecule has 0 unspecified atom stereocenters. The summed E-state index contributed by atoms with van der Waals surface area (Å²) < 4.78 is 42.0. The van der Waals surface area contributed by atoms with Crippen molar-refractivity contribution >= 4 is 0 Å². The third-order valence-electron chi connectivity index (χ3n) is 2.71. The first kappa shape index (κ1) is 15.5. The molecular weight excluding hydrogens is 260 g/mol. The molecule has 0 fully saturated rings. The number of aliphatic hydroxyl groups is 1. The minimum atomic E-state index is -3.44. The Hall–Kier alpha value is -1.60. The summed E-state index contributed by atoms with van der Waals surface area (Å²) in [4.78, 5) is 0. The molecule has 0 saturated heterocycles. The Morgan fingerprint density at radius 1 is 1.16 bits per heavy atom. The molecule has 0 aliphatic rings. The fraction of sp³-hybridized carbons (Fsp3) is 0.500. The third-order valence-corrected chi connectivity index (χ3v) is 2.71. The van der Waals surface area contributed by atoms with E-state index in [9.17, 15) is 8.78 Å². The van der Waals surface area contributed by atoms with Crippen molar-refractivity contribution in [3.8, 4) is 17.2 Å². The first-order valence-corrected chi connectivity index (χ1v) is 5.45. The van der Waals surface area contributed by atoms with Crippen molar-refractivity contribution in [2.24, 2.45) is 5.73 Å². The molecule has 0 aliphatic heterocycles. The van der Waals surface area contributed by atoms with Gasteiger partial charge in [-0.25, -0.2) is 8.78 Å². The molecule has 1 aromatic carbocycles. The number of ether oxygens (including phenoxy) is 3. The van der Waals surface area contributed by atoms with Crippen LogP contribution in [0.2, 0.25) is 0 Å². The lowest BCUT2D eigenvalue weighted by atomic mass is 10.0. The molecule has 19 heavy (non-hydrogen) atoms. The lowest BCUT2D eigenvalue weighted by Crippen LogP contribution is -2.36. The Balaban J connectivity index is 3.30. The van der Waals surface area contributed by atoms with E-state index in [1.807, 2.05) is 0 Å². The number of benzene rings is 1. The van der Waals surface area contributed by atoms with E-state index in [0.29, 0.717) is 0 Å². The third kappa shape index (κ3) is 3.05. The molecule has 0 radical (unpaired) electrons. The molecule has 1 aromatic rings. The number of alkyl halides is 2. The maximum absolute atomic E-state index is 13.4. The Morgan fingerprint density at radius 3 is 1.95 bits per heavy atom. The second kappa shape index (κ2) is 6.03. The second-order valence-corrected chi connectivity index (χ2v) is 3.86. The Bertz CT molecular complexity index is 415. The van der Waals surface area contributed by atoms with Crippen molar-refractivity contribution in [3.05, 3.63) is 17.7 Å². The summed E-state index contributed by atoms with van der Waals surface area (Å²) in [5.41, 5.74) is 5.54. The molecule has 0 saturated carbocycles. The zero-order valence-electron chi connectivity index (χ0n) is 10.9. The van der Waals surface area contributed by atoms with Gasteiger partial charge in [-0.15, -0.1) is 0 Å². The summed E-state index contributed by atoms with van der Waals surface area (Å²) in [6.45, 7) is -1.34. The molecule has 108 valence electrons. The molecule has 1 rings (SSSR count). The van der Waals surface area contributed by atoms with E-state index >= 15 is 0 Å². The summed E-state index contributed by atoms with van der Waals surface area (Å²) in [5, 5.41) is 8.66. The topological polar surface area (TPSA) is 73.9 Å². The zero-order valence-corrected chi connectivity index (χ0v) is 10.9. The van der Waals surface area contributed by atoms with Crippen LogP contribution in [0.25, 0.3) is 0 Å². The maximum atomic E-state index is 13.4. The van der Waals surface area contributed by atoms with Crippen LogP contribution < -0.4 is 19.9 Å². The van der Waals surface area contributed by atoms with Gasteiger partial charge in [-0.05, 0) is 17.7 Å². The zero-order chi connectivity index (χ0) is 14.6. The van der Waals surface area contributed by atoms with Crippen molar-refractivity contribution in [2.45, 2.75) is 12.0 Å². The minimum Gasteiger partial charge on any atom is -0.493 e. The quantitative estimate of drug-likeness (QED) is 0.821. The van der Waals surface area contributed by atoms with Crippen LogP contribution in [0, 0.1) is 0 Å². The maximum Gasteiger partial charge on any atom is 0.289 e. The van der Waals surface area contributed by atoms with Gasteiger partial charge in [-0.3, -0.25) is 0 Å². The highest BCUT2D eigenvalue weighted by Crippen LogP contribution is 2.41. The normalized spacial score (nSPS) is 13.0. The average Bonchev–Trinajstić information content (AvgIpc) is 2.44. The number of halogens is 2. The first-order valence-electron chi connectivity index (χ1n) is 5.45. The lowest BCUT2D eigenvalue weighted by molar-refractivity contribution is -0.0712. The van der Waals surface area contributed by atoms with Gasteiger partial charge in [0.25, 0.3) is 5.92 Å². The standard InChI is InChI=1S/C12H17F2NO4/c1-17-8-4-7(11(15)12(13,14)6-16)5-9(18-2)10(8)19-3/h4-5,11,16H,6,15H2,1-3H3/t11-/m1/s1. The summed E-state index contributed by atoms with van der Waals surface area (Å²) in [6, 6.07) is 0.983. The Labute approximate surface area is 109 Å². The van der Waals surface area contributed by atoms with Gasteiger partial charge in [0, 0.05) is 0 Å². The van der Waals surface area contributed by atoms with Gasteiger partial charge >= 0.3 is 0 Å². The summed E-state index contributed by atoms with van der Waals surface area (Å²) in [7, 11) is 4.15. The highest BCUT2D eigenvalue weighted by Gasteiger charge is 2.38. The molecular formula is C12H17F2NO4. The largest absolute Gasteiger partial charge is 0.493 e. The van der Waals surface area contributed by atoms with Gasteiger partial charge in [0.1, 0.15) is 6.61 Å². The number of hydrogen-bond donors (Lipinski definition) is 2. The Kier molecular flexibility index (Phi) is 4.90. The summed E-state index contributed by atoms with van der Waals surface area (Å²) >= 11 is 0. The van der Waals surface area contributed by atoms with Crippen LogP contribution in [0.15, 0.2) is 12.1 Å². The minimum absolute atomic E-state index is 0.0774. The monoisotopic (exact) mass is 277 g/mol. The van der Waals surface area contributed by atoms with Crippen LogP contribution in [0.5, 0.6) is 17.2 Å². The van der Waals surface area contributed by atoms with Gasteiger partial charge in [-0.2, -0.15) is 0 Å². The molecule has 0 spiro atoms. The van der Waals surface area contributed by atoms with Crippen molar-refractivity contribution in [3.63, 3.8) is 0 Å². The number of hydrogen-bond acceptors (Lipinski definition) is 5. The van der Waals surface area contributed by atoms with E-state index in [-0.39, 0.29) is 22.8 Å². The van der Waals surface area contributed by atoms with Crippen LogP contribution in [0.1, 0.15) is 11.6 Å². The molecule has 0 bridgehead atoms. The highest BCUT2D eigenvalue weighted by atomic mass is 19.3. The van der Waals surface area contributed by atoms with Gasteiger partial charge in [0.2, 0.25) is 5.75 Å². The first-order chi connectivity index (χ1) is 8.91. The Morgan fingerprint density at radius 2 is 1.63 bits per heavy atom. The van der Waals surface area contributed by atoms with Gasteiger partial charge in [-0.1, -0.05) is 0 Å². The summed E-state index contributed by atoms with van der Waals surface area (Å²) in [6.07, 6.45) is 0. The molecule has 3 N–H and O–H groups in total. The number of nitrogens with two attached hydrogens (primary N) is 1. The van der Waals surface area contributed by atoms with Gasteiger partial charge in [0.05, 0.1) is 27.4 Å². The molecule has 5 nitrogen and oxygen atoms in total. The molecule has 0 aliphatic carbocycles. The predicted molar refractivity (Wildman–Crippen MR) is 65.1 cm³/mol. The number of aliphatic hydroxyl groups excluding tert-OH is 1. The summed E-state index contributed by atoms with van der Waals surface area (Å²) in [5.74, 6) is -2.71. The average molecular weight is 277 g/mol. The second-order valence-electron chi connectivity index (χ2n) is 3.86. The van der Waals surface area contributed by atoms with E-state index in [2.05, 4.69) is 0 Å². The van der Waals surface area contributed by atoms with Crippen LogP contribution in [-0.2, 0) is 0 Å². The fourth-order valence-corrected chi connectivity index (χ4v) is 1.62. The number of rotatable bonds is 6. The van der Waals surface area contributed by atoms with E-state index in [4.69, 9.17) is 25.1 Å². The smallest absolute Gasteiger partial charge is 0.289 e. The van der Waals surface area contributed by atoms with E-state index in [0.717, 1.165) is 0 Å². The highest BCUT2D eigenvalue weighted by molar-refractivity contribution is 5.54. The van der Waals surface area contributed by atoms with Crippen LogP contribution in [-0.4, -0.2) is 39.0 Å². The van der Waals surface area contributed by atoms with Crippen molar-refractivity contribution in [2.75, 3.05) is 27.9 Å². The molecule has 1 atom stereocenters. The SMILES string of the molecule is COc1cc([C@@H](N)C(F)(F)CO)cc(OC)c1OC. The van der Waals surface area contributed by atoms with Gasteiger partial charge < -0.3 is 25.1 Å². The van der Waals surface area contributed by atoms with Crippen molar-refractivity contribution < 1.29 is 28.1 Å². The van der Waals surface area contributed by atoms with Crippen LogP contribution >= 0.6 is 0 Å². The van der Waals surface area contributed by atoms with E-state index < -0.39 is 18.6 Å². The predicted octanol–water partition coefficient (Wildman–Crippen LogP) is 1.34.